The fraction of sp³-hybridized carbons (Fsp3) is 0.818. The molecule has 0 aliphatic heterocycles. The second-order valence-electron chi connectivity index (χ2n) is 4.52. The Morgan fingerprint density at radius 1 is 1.29 bits per heavy atom. The summed E-state index contributed by atoms with van der Waals surface area (Å²) in [6.45, 7) is 0. The van der Waals surface area contributed by atoms with Crippen LogP contribution in [-0.2, 0) is 4.79 Å². The molecule has 3 heteroatoms. The lowest BCUT2D eigenvalue weighted by Crippen LogP contribution is -2.48. The summed E-state index contributed by atoms with van der Waals surface area (Å²) in [7, 11) is 0. The number of hydrogen-bond donors (Lipinski definition) is 1. The van der Waals surface area contributed by atoms with Crippen molar-refractivity contribution in [3.63, 3.8) is 0 Å². The van der Waals surface area contributed by atoms with Gasteiger partial charge in [-0.05, 0) is 38.5 Å². The summed E-state index contributed by atoms with van der Waals surface area (Å²) in [5.74, 6) is 0.306. The van der Waals surface area contributed by atoms with Crippen LogP contribution in [0.1, 0.15) is 44.9 Å². The van der Waals surface area contributed by atoms with Gasteiger partial charge in [-0.2, -0.15) is 5.26 Å². The third-order valence-corrected chi connectivity index (χ3v) is 3.51. The van der Waals surface area contributed by atoms with Gasteiger partial charge in [0.1, 0.15) is 5.54 Å². The Labute approximate surface area is 84.5 Å². The molecular formula is C11H16N2O. The summed E-state index contributed by atoms with van der Waals surface area (Å²) >= 11 is 0. The van der Waals surface area contributed by atoms with Gasteiger partial charge < -0.3 is 5.32 Å². The van der Waals surface area contributed by atoms with Gasteiger partial charge in [0.15, 0.2) is 0 Å². The minimum absolute atomic E-state index is 0.111. The van der Waals surface area contributed by atoms with E-state index in [1.165, 1.54) is 0 Å². The number of amides is 1. The lowest BCUT2D eigenvalue weighted by Gasteiger charge is -2.29. The molecule has 0 bridgehead atoms. The number of nitrogens with one attached hydrogen (secondary N) is 1. The molecule has 0 aromatic rings. The Hall–Kier alpha value is -1.04. The third-order valence-electron chi connectivity index (χ3n) is 3.51. The molecule has 2 aliphatic carbocycles. The molecule has 2 fully saturated rings. The van der Waals surface area contributed by atoms with Crippen molar-refractivity contribution in [3.05, 3.63) is 0 Å². The molecule has 0 radical (unpaired) electrons. The molecule has 0 unspecified atom stereocenters. The number of nitrogens with zero attached hydrogens (tertiary/aromatic N) is 1. The van der Waals surface area contributed by atoms with Gasteiger partial charge >= 0.3 is 0 Å². The molecule has 0 aromatic heterocycles. The molecule has 1 amide bonds. The quantitative estimate of drug-likeness (QED) is 0.724. The highest BCUT2D eigenvalue weighted by atomic mass is 16.2. The maximum atomic E-state index is 11.7. The van der Waals surface area contributed by atoms with Crippen LogP contribution in [0.2, 0.25) is 0 Å². The Kier molecular flexibility index (Phi) is 2.45. The lowest BCUT2D eigenvalue weighted by atomic mass is 9.84. The highest BCUT2D eigenvalue weighted by molar-refractivity contribution is 5.80. The molecule has 14 heavy (non-hydrogen) atoms. The van der Waals surface area contributed by atoms with Gasteiger partial charge in [-0.15, -0.1) is 0 Å². The molecule has 2 rings (SSSR count). The van der Waals surface area contributed by atoms with Gasteiger partial charge in [0.2, 0.25) is 5.91 Å². The zero-order valence-corrected chi connectivity index (χ0v) is 8.38. The molecule has 76 valence electrons. The Morgan fingerprint density at radius 3 is 2.36 bits per heavy atom. The van der Waals surface area contributed by atoms with Crippen LogP contribution in [0.3, 0.4) is 0 Å². The van der Waals surface area contributed by atoms with Crippen LogP contribution in [0.5, 0.6) is 0 Å². The number of hydrogen-bond acceptors (Lipinski definition) is 2. The number of carbonyl (C=O) groups is 1. The van der Waals surface area contributed by atoms with E-state index in [0.717, 1.165) is 44.9 Å². The monoisotopic (exact) mass is 192 g/mol. The van der Waals surface area contributed by atoms with E-state index in [0.29, 0.717) is 0 Å². The molecule has 1 N–H and O–H groups in total. The second kappa shape index (κ2) is 3.61. The van der Waals surface area contributed by atoms with Crippen LogP contribution in [-0.4, -0.2) is 11.4 Å². The van der Waals surface area contributed by atoms with Gasteiger partial charge in [0.05, 0.1) is 6.07 Å². The zero-order valence-electron chi connectivity index (χ0n) is 8.38. The predicted molar refractivity (Wildman–Crippen MR) is 52.3 cm³/mol. The molecule has 0 spiro atoms. The van der Waals surface area contributed by atoms with E-state index in [1.54, 1.807) is 0 Å². The first-order valence-corrected chi connectivity index (χ1v) is 5.49. The van der Waals surface area contributed by atoms with E-state index in [2.05, 4.69) is 11.4 Å². The summed E-state index contributed by atoms with van der Waals surface area (Å²) < 4.78 is 0. The second-order valence-corrected chi connectivity index (χ2v) is 4.52. The van der Waals surface area contributed by atoms with Crippen LogP contribution in [0, 0.1) is 17.2 Å². The van der Waals surface area contributed by atoms with Gasteiger partial charge in [-0.25, -0.2) is 0 Å². The van der Waals surface area contributed by atoms with Crippen LogP contribution >= 0.6 is 0 Å². The third kappa shape index (κ3) is 1.61. The Bertz CT molecular complexity index is 270. The van der Waals surface area contributed by atoms with Crippen molar-refractivity contribution in [2.24, 2.45) is 5.92 Å². The maximum Gasteiger partial charge on any atom is 0.224 e. The van der Waals surface area contributed by atoms with Crippen molar-refractivity contribution in [2.45, 2.75) is 50.5 Å². The SMILES string of the molecule is N#CC1(NC(=O)C2CCC2)CCCC1. The minimum atomic E-state index is -0.521. The average Bonchev–Trinajstić information content (AvgIpc) is 2.50. The predicted octanol–water partition coefficient (Wildman–Crippen LogP) is 1.74. The molecule has 0 saturated heterocycles. The molecule has 0 heterocycles. The van der Waals surface area contributed by atoms with Crippen LogP contribution < -0.4 is 5.32 Å². The van der Waals surface area contributed by atoms with Gasteiger partial charge in [-0.1, -0.05) is 6.42 Å². The molecule has 3 nitrogen and oxygen atoms in total. The summed E-state index contributed by atoms with van der Waals surface area (Å²) in [4.78, 5) is 11.7. The van der Waals surface area contributed by atoms with E-state index in [4.69, 9.17) is 5.26 Å². The minimum Gasteiger partial charge on any atom is -0.338 e. The first kappa shape index (κ1) is 9.51. The van der Waals surface area contributed by atoms with Crippen molar-refractivity contribution in [1.29, 1.82) is 5.26 Å². The maximum absolute atomic E-state index is 11.7. The summed E-state index contributed by atoms with van der Waals surface area (Å²) in [6.07, 6.45) is 6.99. The average molecular weight is 192 g/mol. The molecule has 2 saturated carbocycles. The van der Waals surface area contributed by atoms with E-state index in [1.807, 2.05) is 0 Å². The Morgan fingerprint density at radius 2 is 1.93 bits per heavy atom. The van der Waals surface area contributed by atoms with Crippen LogP contribution in [0.4, 0.5) is 0 Å². The first-order valence-electron chi connectivity index (χ1n) is 5.49. The van der Waals surface area contributed by atoms with Crippen molar-refractivity contribution in [2.75, 3.05) is 0 Å². The van der Waals surface area contributed by atoms with E-state index >= 15 is 0 Å². The summed E-state index contributed by atoms with van der Waals surface area (Å²) in [5, 5.41) is 12.0. The Balaban J connectivity index is 1.94. The fourth-order valence-corrected chi connectivity index (χ4v) is 2.25. The number of rotatable bonds is 2. The van der Waals surface area contributed by atoms with Crippen LogP contribution in [0.15, 0.2) is 0 Å². The molecular weight excluding hydrogens is 176 g/mol. The normalized spacial score (nSPS) is 25.1. The number of nitriles is 1. The lowest BCUT2D eigenvalue weighted by molar-refractivity contribution is -0.128. The largest absolute Gasteiger partial charge is 0.338 e. The van der Waals surface area contributed by atoms with E-state index in [9.17, 15) is 4.79 Å². The van der Waals surface area contributed by atoms with Gasteiger partial charge in [0, 0.05) is 5.92 Å². The highest BCUT2D eigenvalue weighted by Gasteiger charge is 2.38. The smallest absolute Gasteiger partial charge is 0.224 e. The zero-order chi connectivity index (χ0) is 10.0. The van der Waals surface area contributed by atoms with E-state index < -0.39 is 5.54 Å². The summed E-state index contributed by atoms with van der Waals surface area (Å²) in [5.41, 5.74) is -0.521. The van der Waals surface area contributed by atoms with Crippen LogP contribution in [0.25, 0.3) is 0 Å². The fourth-order valence-electron chi connectivity index (χ4n) is 2.25. The molecule has 0 atom stereocenters. The molecule has 0 aromatic carbocycles. The highest BCUT2D eigenvalue weighted by Crippen LogP contribution is 2.32. The van der Waals surface area contributed by atoms with Crippen molar-refractivity contribution < 1.29 is 4.79 Å². The van der Waals surface area contributed by atoms with E-state index in [-0.39, 0.29) is 11.8 Å². The van der Waals surface area contributed by atoms with Crippen molar-refractivity contribution in [3.8, 4) is 6.07 Å². The standard InChI is InChI=1S/C11H16N2O/c12-8-11(6-1-2-7-11)13-10(14)9-4-3-5-9/h9H,1-7H2,(H,13,14). The number of carbonyl (C=O) groups excluding carboxylic acids is 1. The van der Waals surface area contributed by atoms with Crippen molar-refractivity contribution in [1.82, 2.24) is 5.32 Å². The first-order chi connectivity index (χ1) is 6.76. The van der Waals surface area contributed by atoms with Crippen molar-refractivity contribution >= 4 is 5.91 Å². The van der Waals surface area contributed by atoms with Gasteiger partial charge in [0.25, 0.3) is 0 Å². The van der Waals surface area contributed by atoms with Gasteiger partial charge in [-0.3, -0.25) is 4.79 Å². The summed E-state index contributed by atoms with van der Waals surface area (Å²) in [6, 6.07) is 2.28. The topological polar surface area (TPSA) is 52.9 Å². The molecule has 2 aliphatic rings.